The van der Waals surface area contributed by atoms with E-state index < -0.39 is 11.0 Å². The molecule has 0 amide bonds. The smallest absolute Gasteiger partial charge is 0.293 e. The van der Waals surface area contributed by atoms with Crippen molar-refractivity contribution in [1.82, 2.24) is 9.55 Å². The Labute approximate surface area is 120 Å². The van der Waals surface area contributed by atoms with Gasteiger partial charge < -0.3 is 5.11 Å². The van der Waals surface area contributed by atoms with E-state index in [9.17, 15) is 20.0 Å². The van der Waals surface area contributed by atoms with Crippen LogP contribution < -0.4 is 0 Å². The minimum Gasteiger partial charge on any atom is -0.380 e. The predicted octanol–water partition coefficient (Wildman–Crippen LogP) is 1.96. The number of aliphatic hydroxyl groups excluding tert-OH is 1. The van der Waals surface area contributed by atoms with Gasteiger partial charge in [0.1, 0.15) is 17.6 Å². The van der Waals surface area contributed by atoms with Crippen molar-refractivity contribution in [2.75, 3.05) is 0 Å². The molecular weight excluding hydrogens is 274 g/mol. The van der Waals surface area contributed by atoms with Crippen LogP contribution in [0.1, 0.15) is 18.9 Å². The highest BCUT2D eigenvalue weighted by atomic mass is 16.6. The second-order valence-corrected chi connectivity index (χ2v) is 4.39. The minimum absolute atomic E-state index is 0.0268. The number of nitrogens with zero attached hydrogens (tertiary/aromatic N) is 3. The van der Waals surface area contributed by atoms with Gasteiger partial charge in [-0.15, -0.1) is 0 Å². The van der Waals surface area contributed by atoms with Crippen LogP contribution in [0.25, 0.3) is 5.69 Å². The zero-order chi connectivity index (χ0) is 15.6. The number of Topliss-reactive ketones (excluding diaryl/α,β-unsaturated/α-hetero) is 1. The van der Waals surface area contributed by atoms with Crippen LogP contribution in [0.2, 0.25) is 0 Å². The number of benzene rings is 1. The Bertz CT molecular complexity index is 721. The van der Waals surface area contributed by atoms with Crippen LogP contribution in [0.15, 0.2) is 48.8 Å². The lowest BCUT2D eigenvalue weighted by Crippen LogP contribution is -2.13. The van der Waals surface area contributed by atoms with Crippen LogP contribution in [0.4, 0.5) is 5.69 Å². The summed E-state index contributed by atoms with van der Waals surface area (Å²) in [4.78, 5) is 25.8. The van der Waals surface area contributed by atoms with E-state index in [2.05, 4.69) is 11.6 Å². The van der Waals surface area contributed by atoms with Crippen molar-refractivity contribution < 1.29 is 14.8 Å². The fraction of sp³-hybridized carbons (Fsp3) is 0.143. The van der Waals surface area contributed by atoms with Crippen molar-refractivity contribution in [2.24, 2.45) is 0 Å². The van der Waals surface area contributed by atoms with E-state index in [1.165, 1.54) is 36.0 Å². The lowest BCUT2D eigenvalue weighted by molar-refractivity contribution is -0.384. The third kappa shape index (κ3) is 2.72. The lowest BCUT2D eigenvalue weighted by Gasteiger charge is -2.14. The fourth-order valence-corrected chi connectivity index (χ4v) is 1.89. The first-order chi connectivity index (χ1) is 9.93. The number of hydrogen-bond donors (Lipinski definition) is 1. The van der Waals surface area contributed by atoms with Crippen molar-refractivity contribution >= 4 is 11.5 Å². The number of rotatable bonds is 5. The van der Waals surface area contributed by atoms with Gasteiger partial charge in [0.05, 0.1) is 4.92 Å². The molecule has 1 atom stereocenters. The molecular formula is C14H13N3O4. The van der Waals surface area contributed by atoms with E-state index in [-0.39, 0.29) is 28.6 Å². The molecule has 1 heterocycles. The third-order valence-electron chi connectivity index (χ3n) is 3.03. The van der Waals surface area contributed by atoms with Crippen molar-refractivity contribution in [3.05, 3.63) is 64.7 Å². The molecule has 0 saturated carbocycles. The molecule has 1 aromatic carbocycles. The highest BCUT2D eigenvalue weighted by Gasteiger charge is 2.23. The summed E-state index contributed by atoms with van der Waals surface area (Å²) in [6.07, 6.45) is 1.55. The van der Waals surface area contributed by atoms with E-state index in [1.54, 1.807) is 12.1 Å². The highest BCUT2D eigenvalue weighted by molar-refractivity contribution is 5.93. The second kappa shape index (κ2) is 5.68. The molecule has 1 unspecified atom stereocenters. The summed E-state index contributed by atoms with van der Waals surface area (Å²) in [5, 5.41) is 21.2. The molecule has 0 radical (unpaired) electrons. The number of hydrogen-bond acceptors (Lipinski definition) is 5. The van der Waals surface area contributed by atoms with Gasteiger partial charge in [0.25, 0.3) is 5.69 Å². The summed E-state index contributed by atoms with van der Waals surface area (Å²) in [5.74, 6) is -0.274. The normalized spacial score (nSPS) is 11.9. The summed E-state index contributed by atoms with van der Waals surface area (Å²) < 4.78 is 1.37. The van der Waals surface area contributed by atoms with Gasteiger partial charge in [-0.2, -0.15) is 0 Å². The van der Waals surface area contributed by atoms with Crippen LogP contribution in [0.3, 0.4) is 0 Å². The first-order valence-electron chi connectivity index (χ1n) is 6.08. The predicted molar refractivity (Wildman–Crippen MR) is 75.0 cm³/mol. The average molecular weight is 287 g/mol. The minimum atomic E-state index is -1.32. The van der Waals surface area contributed by atoms with E-state index in [0.717, 1.165) is 0 Å². The number of carbonyl (C=O) groups is 1. The maximum Gasteiger partial charge on any atom is 0.293 e. The molecule has 108 valence electrons. The summed E-state index contributed by atoms with van der Waals surface area (Å²) in [6, 6.07) is 6.07. The first kappa shape index (κ1) is 14.6. The van der Waals surface area contributed by atoms with Gasteiger partial charge in [0.15, 0.2) is 5.78 Å². The first-order valence-corrected chi connectivity index (χ1v) is 6.08. The van der Waals surface area contributed by atoms with Gasteiger partial charge in [-0.3, -0.25) is 19.5 Å². The van der Waals surface area contributed by atoms with E-state index >= 15 is 0 Å². The second-order valence-electron chi connectivity index (χ2n) is 4.39. The monoisotopic (exact) mass is 287 g/mol. The number of nitro groups is 1. The molecule has 2 rings (SSSR count). The Hall–Kier alpha value is -2.80. The zero-order valence-electron chi connectivity index (χ0n) is 11.3. The largest absolute Gasteiger partial charge is 0.380 e. The molecule has 7 nitrogen and oxygen atoms in total. The zero-order valence-corrected chi connectivity index (χ0v) is 11.3. The molecule has 0 bridgehead atoms. The Kier molecular flexibility index (Phi) is 3.95. The molecule has 0 saturated heterocycles. The quantitative estimate of drug-likeness (QED) is 0.515. The van der Waals surface area contributed by atoms with Crippen molar-refractivity contribution in [2.45, 2.75) is 13.0 Å². The topological polar surface area (TPSA) is 98.3 Å². The molecule has 1 N–H and O–H groups in total. The van der Waals surface area contributed by atoms with Crippen LogP contribution in [-0.2, 0) is 4.79 Å². The van der Waals surface area contributed by atoms with Gasteiger partial charge in [-0.25, -0.2) is 4.98 Å². The number of aromatic nitrogens is 2. The molecule has 0 spiro atoms. The van der Waals surface area contributed by atoms with Gasteiger partial charge >= 0.3 is 0 Å². The lowest BCUT2D eigenvalue weighted by atomic mass is 10.1. The number of para-hydroxylation sites is 2. The Morgan fingerprint density at radius 2 is 2.14 bits per heavy atom. The summed E-state index contributed by atoms with van der Waals surface area (Å²) in [7, 11) is 0. The van der Waals surface area contributed by atoms with Crippen LogP contribution in [0.5, 0.6) is 0 Å². The molecule has 0 fully saturated rings. The van der Waals surface area contributed by atoms with Gasteiger partial charge in [0.2, 0.25) is 0 Å². The van der Waals surface area contributed by atoms with Crippen LogP contribution in [-0.4, -0.2) is 25.4 Å². The third-order valence-corrected chi connectivity index (χ3v) is 3.03. The number of ketones is 1. The van der Waals surface area contributed by atoms with Crippen molar-refractivity contribution in [3.8, 4) is 5.69 Å². The van der Waals surface area contributed by atoms with Crippen molar-refractivity contribution in [3.63, 3.8) is 0 Å². The maximum absolute atomic E-state index is 11.3. The number of nitro benzene ring substituents is 1. The molecule has 2 aromatic rings. The van der Waals surface area contributed by atoms with E-state index in [0.29, 0.717) is 0 Å². The molecule has 0 aliphatic heterocycles. The average Bonchev–Trinajstić information content (AvgIpc) is 2.94. The highest BCUT2D eigenvalue weighted by Crippen LogP contribution is 2.27. The van der Waals surface area contributed by atoms with E-state index in [4.69, 9.17) is 0 Å². The van der Waals surface area contributed by atoms with Gasteiger partial charge in [0, 0.05) is 24.0 Å². The van der Waals surface area contributed by atoms with Crippen molar-refractivity contribution in [1.29, 1.82) is 0 Å². The van der Waals surface area contributed by atoms with Crippen LogP contribution in [0, 0.1) is 10.1 Å². The number of aliphatic hydroxyl groups is 1. The molecule has 1 aromatic heterocycles. The van der Waals surface area contributed by atoms with Gasteiger partial charge in [-0.1, -0.05) is 18.7 Å². The molecule has 0 aliphatic rings. The Morgan fingerprint density at radius 1 is 1.48 bits per heavy atom. The molecule has 7 heteroatoms. The number of carbonyl (C=O) groups excluding carboxylic acids is 1. The molecule has 0 aliphatic carbocycles. The fourth-order valence-electron chi connectivity index (χ4n) is 1.89. The van der Waals surface area contributed by atoms with Crippen LogP contribution >= 0.6 is 0 Å². The molecule has 21 heavy (non-hydrogen) atoms. The maximum atomic E-state index is 11.3. The Morgan fingerprint density at radius 3 is 2.76 bits per heavy atom. The van der Waals surface area contributed by atoms with E-state index in [1.807, 2.05) is 0 Å². The van der Waals surface area contributed by atoms with Gasteiger partial charge in [-0.05, 0) is 13.0 Å². The summed E-state index contributed by atoms with van der Waals surface area (Å²) in [5.41, 5.74) is 0.101. The standard InChI is InChI=1S/C14H13N3O4/c1-9(10(2)18)13(19)14-15-7-8-16(14)11-5-3-4-6-12(11)17(20)21/h3-8,13,19H,1H2,2H3. The number of imidazole rings is 1. The summed E-state index contributed by atoms with van der Waals surface area (Å²) in [6.45, 7) is 4.80. The Balaban J connectivity index is 2.54. The summed E-state index contributed by atoms with van der Waals surface area (Å²) >= 11 is 0. The SMILES string of the molecule is C=C(C(C)=O)C(O)c1nccn1-c1ccccc1[N+](=O)[O-].